The standard InChI is InChI=1S/C19H18N4OS/c1-13(14-6-8-16(9-7-14)23-12-20-11-21-23)22-19(24)18-10-15-4-2-3-5-17(15)25-18/h2-9,11-13,18H,10H2,1H3,(H,22,24). The molecule has 2 heterocycles. The largest absolute Gasteiger partial charge is 0.349 e. The molecular weight excluding hydrogens is 332 g/mol. The average molecular weight is 350 g/mol. The van der Waals surface area contributed by atoms with Crippen LogP contribution in [0.5, 0.6) is 0 Å². The van der Waals surface area contributed by atoms with Gasteiger partial charge < -0.3 is 5.32 Å². The molecule has 126 valence electrons. The number of nitrogens with one attached hydrogen (secondary N) is 1. The minimum absolute atomic E-state index is 0.0402. The Kier molecular flexibility index (Phi) is 4.28. The van der Waals surface area contributed by atoms with Crippen LogP contribution >= 0.6 is 11.8 Å². The van der Waals surface area contributed by atoms with E-state index < -0.39 is 0 Å². The molecule has 0 spiro atoms. The van der Waals surface area contributed by atoms with Gasteiger partial charge in [0.2, 0.25) is 5.91 Å². The van der Waals surface area contributed by atoms with E-state index in [-0.39, 0.29) is 17.2 Å². The Hall–Kier alpha value is -2.60. The molecule has 0 bridgehead atoms. The van der Waals surface area contributed by atoms with Crippen LogP contribution in [0.2, 0.25) is 0 Å². The summed E-state index contributed by atoms with van der Waals surface area (Å²) < 4.78 is 1.71. The predicted octanol–water partition coefficient (Wildman–Crippen LogP) is 3.16. The SMILES string of the molecule is CC(NC(=O)C1Cc2ccccc2S1)c1ccc(-n2cncn2)cc1. The maximum atomic E-state index is 12.6. The Morgan fingerprint density at radius 2 is 2.04 bits per heavy atom. The van der Waals surface area contributed by atoms with Crippen LogP contribution in [0.25, 0.3) is 5.69 Å². The fourth-order valence-corrected chi connectivity index (χ4v) is 4.18. The molecule has 1 aliphatic heterocycles. The highest BCUT2D eigenvalue weighted by atomic mass is 32.2. The minimum atomic E-state index is -0.0470. The second kappa shape index (κ2) is 6.72. The lowest BCUT2D eigenvalue weighted by molar-refractivity contribution is -0.121. The molecule has 4 rings (SSSR count). The molecule has 0 fully saturated rings. The van der Waals surface area contributed by atoms with E-state index in [1.54, 1.807) is 22.8 Å². The summed E-state index contributed by atoms with van der Waals surface area (Å²) in [5.41, 5.74) is 3.27. The van der Waals surface area contributed by atoms with Crippen molar-refractivity contribution < 1.29 is 4.79 Å². The summed E-state index contributed by atoms with van der Waals surface area (Å²) in [5, 5.41) is 7.20. The molecular formula is C19H18N4OS. The zero-order valence-corrected chi connectivity index (χ0v) is 14.6. The summed E-state index contributed by atoms with van der Waals surface area (Å²) in [6, 6.07) is 16.2. The Morgan fingerprint density at radius 1 is 1.24 bits per heavy atom. The summed E-state index contributed by atoms with van der Waals surface area (Å²) in [6.07, 6.45) is 3.97. The van der Waals surface area contributed by atoms with E-state index in [4.69, 9.17) is 0 Å². The zero-order valence-electron chi connectivity index (χ0n) is 13.8. The lowest BCUT2D eigenvalue weighted by atomic mass is 10.1. The Labute approximate surface area is 150 Å². The number of thioether (sulfide) groups is 1. The third kappa shape index (κ3) is 3.30. The van der Waals surface area contributed by atoms with Crippen molar-refractivity contribution in [2.45, 2.75) is 29.5 Å². The number of carbonyl (C=O) groups is 1. The van der Waals surface area contributed by atoms with Gasteiger partial charge in [-0.05, 0) is 42.7 Å². The van der Waals surface area contributed by atoms with Gasteiger partial charge in [-0.25, -0.2) is 9.67 Å². The van der Waals surface area contributed by atoms with E-state index in [9.17, 15) is 4.79 Å². The van der Waals surface area contributed by atoms with Gasteiger partial charge in [-0.2, -0.15) is 5.10 Å². The van der Waals surface area contributed by atoms with Crippen LogP contribution in [0.1, 0.15) is 24.1 Å². The number of carbonyl (C=O) groups excluding carboxylic acids is 1. The second-order valence-electron chi connectivity index (χ2n) is 6.08. The molecule has 2 unspecified atom stereocenters. The third-order valence-corrected chi connectivity index (χ3v) is 5.69. The first-order chi connectivity index (χ1) is 12.2. The second-order valence-corrected chi connectivity index (χ2v) is 7.32. The lowest BCUT2D eigenvalue weighted by Crippen LogP contribution is -2.34. The maximum Gasteiger partial charge on any atom is 0.234 e. The summed E-state index contributed by atoms with van der Waals surface area (Å²) >= 11 is 1.65. The van der Waals surface area contributed by atoms with Gasteiger partial charge in [-0.15, -0.1) is 11.8 Å². The first kappa shape index (κ1) is 15.9. The first-order valence-corrected chi connectivity index (χ1v) is 9.08. The van der Waals surface area contributed by atoms with Crippen molar-refractivity contribution in [3.63, 3.8) is 0 Å². The molecule has 1 N–H and O–H groups in total. The normalized spacial score (nSPS) is 17.1. The smallest absolute Gasteiger partial charge is 0.234 e. The van der Waals surface area contributed by atoms with Gasteiger partial charge in [0.1, 0.15) is 12.7 Å². The monoisotopic (exact) mass is 350 g/mol. The van der Waals surface area contributed by atoms with Gasteiger partial charge in [0, 0.05) is 4.90 Å². The molecule has 25 heavy (non-hydrogen) atoms. The quantitative estimate of drug-likeness (QED) is 0.785. The van der Waals surface area contributed by atoms with Crippen molar-refractivity contribution in [2.24, 2.45) is 0 Å². The van der Waals surface area contributed by atoms with Crippen LogP contribution in [0.4, 0.5) is 0 Å². The molecule has 0 aliphatic carbocycles. The highest BCUT2D eigenvalue weighted by molar-refractivity contribution is 8.01. The van der Waals surface area contributed by atoms with E-state index in [0.29, 0.717) is 0 Å². The van der Waals surface area contributed by atoms with Crippen molar-refractivity contribution in [1.82, 2.24) is 20.1 Å². The van der Waals surface area contributed by atoms with Crippen molar-refractivity contribution in [3.05, 3.63) is 72.3 Å². The number of hydrogen-bond donors (Lipinski definition) is 1. The number of fused-ring (bicyclic) bond motifs is 1. The average Bonchev–Trinajstić information content (AvgIpc) is 3.31. The van der Waals surface area contributed by atoms with E-state index in [1.165, 1.54) is 16.8 Å². The summed E-state index contributed by atoms with van der Waals surface area (Å²) in [4.78, 5) is 17.8. The molecule has 5 nitrogen and oxygen atoms in total. The van der Waals surface area contributed by atoms with Crippen LogP contribution in [0.15, 0.2) is 66.1 Å². The molecule has 2 aromatic carbocycles. The van der Waals surface area contributed by atoms with E-state index in [0.717, 1.165) is 17.7 Å². The van der Waals surface area contributed by atoms with Gasteiger partial charge in [0.05, 0.1) is 17.0 Å². The van der Waals surface area contributed by atoms with Crippen molar-refractivity contribution in [1.29, 1.82) is 0 Å². The van der Waals surface area contributed by atoms with Crippen LogP contribution < -0.4 is 5.32 Å². The maximum absolute atomic E-state index is 12.6. The molecule has 1 aliphatic rings. The fraction of sp³-hybridized carbons (Fsp3) is 0.211. The molecule has 1 amide bonds. The Balaban J connectivity index is 1.40. The lowest BCUT2D eigenvalue weighted by Gasteiger charge is -2.17. The van der Waals surface area contributed by atoms with E-state index in [2.05, 4.69) is 27.5 Å². The van der Waals surface area contributed by atoms with Gasteiger partial charge in [-0.1, -0.05) is 30.3 Å². The van der Waals surface area contributed by atoms with Crippen LogP contribution in [-0.4, -0.2) is 25.9 Å². The Morgan fingerprint density at radius 3 is 2.76 bits per heavy atom. The van der Waals surface area contributed by atoms with Gasteiger partial charge in [0.25, 0.3) is 0 Å². The molecule has 6 heteroatoms. The highest BCUT2D eigenvalue weighted by Gasteiger charge is 2.28. The molecule has 0 saturated carbocycles. The van der Waals surface area contributed by atoms with Gasteiger partial charge in [-0.3, -0.25) is 4.79 Å². The molecule has 3 aromatic rings. The molecule has 0 radical (unpaired) electrons. The fourth-order valence-electron chi connectivity index (χ4n) is 2.98. The Bertz CT molecular complexity index is 852. The van der Waals surface area contributed by atoms with E-state index >= 15 is 0 Å². The van der Waals surface area contributed by atoms with Gasteiger partial charge >= 0.3 is 0 Å². The summed E-state index contributed by atoms with van der Waals surface area (Å²) in [7, 11) is 0. The number of amides is 1. The van der Waals surface area contributed by atoms with E-state index in [1.807, 2.05) is 43.3 Å². The third-order valence-electron chi connectivity index (χ3n) is 4.37. The molecule has 1 aromatic heterocycles. The summed E-state index contributed by atoms with van der Waals surface area (Å²) in [5.74, 6) is 0.0917. The van der Waals surface area contributed by atoms with Gasteiger partial charge in [0.15, 0.2) is 0 Å². The van der Waals surface area contributed by atoms with Crippen LogP contribution in [-0.2, 0) is 11.2 Å². The van der Waals surface area contributed by atoms with Crippen LogP contribution in [0.3, 0.4) is 0 Å². The topological polar surface area (TPSA) is 59.8 Å². The zero-order chi connectivity index (χ0) is 17.2. The number of nitrogens with zero attached hydrogens (tertiary/aromatic N) is 3. The molecule has 2 atom stereocenters. The molecule has 0 saturated heterocycles. The highest BCUT2D eigenvalue weighted by Crippen LogP contribution is 2.37. The summed E-state index contributed by atoms with van der Waals surface area (Å²) in [6.45, 7) is 2.01. The number of hydrogen-bond acceptors (Lipinski definition) is 4. The predicted molar refractivity (Wildman–Crippen MR) is 97.7 cm³/mol. The van der Waals surface area contributed by atoms with Crippen molar-refractivity contribution in [2.75, 3.05) is 0 Å². The first-order valence-electron chi connectivity index (χ1n) is 8.20. The number of aromatic nitrogens is 3. The number of rotatable bonds is 4. The number of benzene rings is 2. The van der Waals surface area contributed by atoms with Crippen LogP contribution in [0, 0.1) is 0 Å². The minimum Gasteiger partial charge on any atom is -0.349 e. The van der Waals surface area contributed by atoms with Crippen molar-refractivity contribution in [3.8, 4) is 5.69 Å². The van der Waals surface area contributed by atoms with Crippen molar-refractivity contribution >= 4 is 17.7 Å².